The molecule has 1 aromatic carbocycles. The van der Waals surface area contributed by atoms with Gasteiger partial charge in [0, 0.05) is 10.2 Å². The highest BCUT2D eigenvalue weighted by molar-refractivity contribution is 9.10. The topological polar surface area (TPSA) is 55.1 Å². The van der Waals surface area contributed by atoms with Gasteiger partial charge in [-0.15, -0.1) is 0 Å². The van der Waals surface area contributed by atoms with Crippen molar-refractivity contribution >= 4 is 27.5 Å². The summed E-state index contributed by atoms with van der Waals surface area (Å²) in [4.78, 5) is 11.9. The molecule has 1 saturated carbocycles. The first kappa shape index (κ1) is 13.4. The second kappa shape index (κ2) is 5.74. The lowest BCUT2D eigenvalue weighted by atomic mass is 9.89. The van der Waals surface area contributed by atoms with Gasteiger partial charge in [0.2, 0.25) is 5.91 Å². The quantitative estimate of drug-likeness (QED) is 0.840. The molecule has 1 aliphatic carbocycles. The average molecular weight is 311 g/mol. The number of amides is 1. The standard InChI is InChI=1S/C14H19BrN2O/c15-11-7-3-4-8-12(11)17-14(13(16)18)9-5-1-2-6-10-14/h3-4,7-8,17H,1-2,5-6,9-10H2,(H2,16,18). The van der Waals surface area contributed by atoms with Crippen molar-refractivity contribution in [3.63, 3.8) is 0 Å². The molecular formula is C14H19BrN2O. The first-order valence-electron chi connectivity index (χ1n) is 6.47. The zero-order valence-electron chi connectivity index (χ0n) is 10.4. The maximum absolute atomic E-state index is 11.9. The molecule has 3 N–H and O–H groups in total. The maximum atomic E-state index is 11.9. The second-order valence-corrected chi connectivity index (χ2v) is 5.82. The van der Waals surface area contributed by atoms with Crippen molar-refractivity contribution < 1.29 is 4.79 Å². The number of hydrogen-bond donors (Lipinski definition) is 2. The molecule has 1 fully saturated rings. The van der Waals surface area contributed by atoms with Crippen LogP contribution in [0.3, 0.4) is 0 Å². The zero-order valence-corrected chi connectivity index (χ0v) is 12.0. The molecule has 0 saturated heterocycles. The normalized spacial score (nSPS) is 18.9. The minimum Gasteiger partial charge on any atom is -0.370 e. The molecular weight excluding hydrogens is 292 g/mol. The van der Waals surface area contributed by atoms with Crippen LogP contribution in [0.25, 0.3) is 0 Å². The Bertz CT molecular complexity index is 426. The van der Waals surface area contributed by atoms with Crippen molar-refractivity contribution in [3.05, 3.63) is 28.7 Å². The number of primary amides is 1. The summed E-state index contributed by atoms with van der Waals surface area (Å²) < 4.78 is 0.967. The molecule has 2 rings (SSSR count). The number of nitrogens with two attached hydrogens (primary N) is 1. The molecule has 0 heterocycles. The van der Waals surface area contributed by atoms with Gasteiger partial charge in [-0.05, 0) is 40.9 Å². The van der Waals surface area contributed by atoms with Crippen molar-refractivity contribution in [3.8, 4) is 0 Å². The lowest BCUT2D eigenvalue weighted by molar-refractivity contribution is -0.122. The molecule has 1 aliphatic rings. The van der Waals surface area contributed by atoms with Gasteiger partial charge < -0.3 is 11.1 Å². The number of hydrogen-bond acceptors (Lipinski definition) is 2. The van der Waals surface area contributed by atoms with E-state index in [4.69, 9.17) is 5.73 Å². The third kappa shape index (κ3) is 2.86. The minimum atomic E-state index is -0.583. The molecule has 0 atom stereocenters. The number of nitrogens with one attached hydrogen (secondary N) is 1. The van der Waals surface area contributed by atoms with Crippen molar-refractivity contribution in [1.82, 2.24) is 0 Å². The van der Waals surface area contributed by atoms with E-state index >= 15 is 0 Å². The summed E-state index contributed by atoms with van der Waals surface area (Å²) in [6.45, 7) is 0. The third-order valence-electron chi connectivity index (χ3n) is 3.68. The lowest BCUT2D eigenvalue weighted by Gasteiger charge is -2.32. The molecule has 0 aliphatic heterocycles. The Hall–Kier alpha value is -1.03. The van der Waals surface area contributed by atoms with Crippen molar-refractivity contribution in [1.29, 1.82) is 0 Å². The van der Waals surface area contributed by atoms with Gasteiger partial charge in [-0.3, -0.25) is 4.79 Å². The fourth-order valence-corrected chi connectivity index (χ4v) is 2.97. The number of halogens is 1. The van der Waals surface area contributed by atoms with Crippen LogP contribution in [-0.4, -0.2) is 11.4 Å². The molecule has 0 bridgehead atoms. The van der Waals surface area contributed by atoms with E-state index in [1.54, 1.807) is 0 Å². The second-order valence-electron chi connectivity index (χ2n) is 4.97. The summed E-state index contributed by atoms with van der Waals surface area (Å²) in [6.07, 6.45) is 6.13. The highest BCUT2D eigenvalue weighted by Gasteiger charge is 2.36. The van der Waals surface area contributed by atoms with Crippen molar-refractivity contribution in [2.45, 2.75) is 44.1 Å². The summed E-state index contributed by atoms with van der Waals surface area (Å²) in [5, 5.41) is 3.38. The molecule has 1 aromatic rings. The fraction of sp³-hybridized carbons (Fsp3) is 0.500. The smallest absolute Gasteiger partial charge is 0.243 e. The fourth-order valence-electron chi connectivity index (χ4n) is 2.59. The van der Waals surface area contributed by atoms with Gasteiger partial charge in [-0.1, -0.05) is 37.8 Å². The largest absolute Gasteiger partial charge is 0.370 e. The Morgan fingerprint density at radius 3 is 2.33 bits per heavy atom. The number of anilines is 1. The van der Waals surface area contributed by atoms with Crippen LogP contribution in [0, 0.1) is 0 Å². The molecule has 18 heavy (non-hydrogen) atoms. The van der Waals surface area contributed by atoms with Gasteiger partial charge in [0.1, 0.15) is 5.54 Å². The monoisotopic (exact) mass is 310 g/mol. The zero-order chi connectivity index (χ0) is 13.0. The first-order chi connectivity index (χ1) is 8.64. The maximum Gasteiger partial charge on any atom is 0.243 e. The average Bonchev–Trinajstić information content (AvgIpc) is 2.59. The van der Waals surface area contributed by atoms with Gasteiger partial charge in [0.25, 0.3) is 0 Å². The van der Waals surface area contributed by atoms with Gasteiger partial charge in [-0.25, -0.2) is 0 Å². The Labute approximate surface area is 116 Å². The van der Waals surface area contributed by atoms with Crippen LogP contribution in [-0.2, 0) is 4.79 Å². The van der Waals surface area contributed by atoms with Crippen LogP contribution in [0.2, 0.25) is 0 Å². The molecule has 0 aromatic heterocycles. The molecule has 0 radical (unpaired) electrons. The predicted octanol–water partition coefficient (Wildman–Crippen LogP) is 3.44. The van der Waals surface area contributed by atoms with Gasteiger partial charge >= 0.3 is 0 Å². The van der Waals surface area contributed by atoms with E-state index in [0.29, 0.717) is 0 Å². The summed E-state index contributed by atoms with van der Waals surface area (Å²) in [6, 6.07) is 7.85. The molecule has 98 valence electrons. The van der Waals surface area contributed by atoms with E-state index in [1.165, 1.54) is 12.8 Å². The lowest BCUT2D eigenvalue weighted by Crippen LogP contribution is -2.50. The third-order valence-corrected chi connectivity index (χ3v) is 4.37. The summed E-state index contributed by atoms with van der Waals surface area (Å²) in [5.41, 5.74) is 6.01. The van der Waals surface area contributed by atoms with Crippen LogP contribution in [0.1, 0.15) is 38.5 Å². The number of carbonyl (C=O) groups excluding carboxylic acids is 1. The predicted molar refractivity (Wildman–Crippen MR) is 77.4 cm³/mol. The molecule has 0 spiro atoms. The molecule has 4 heteroatoms. The summed E-state index contributed by atoms with van der Waals surface area (Å²) in [7, 11) is 0. The van der Waals surface area contributed by atoms with Crippen molar-refractivity contribution in [2.75, 3.05) is 5.32 Å². The van der Waals surface area contributed by atoms with E-state index in [0.717, 1.165) is 35.8 Å². The summed E-state index contributed by atoms with van der Waals surface area (Å²) >= 11 is 3.50. The molecule has 1 amide bonds. The van der Waals surface area contributed by atoms with E-state index in [-0.39, 0.29) is 5.91 Å². The summed E-state index contributed by atoms with van der Waals surface area (Å²) in [5.74, 6) is -0.236. The van der Waals surface area contributed by atoms with Crippen LogP contribution < -0.4 is 11.1 Å². The van der Waals surface area contributed by atoms with Crippen LogP contribution >= 0.6 is 15.9 Å². The van der Waals surface area contributed by atoms with E-state index in [9.17, 15) is 4.79 Å². The Kier molecular flexibility index (Phi) is 4.27. The Morgan fingerprint density at radius 2 is 1.78 bits per heavy atom. The minimum absolute atomic E-state index is 0.236. The van der Waals surface area contributed by atoms with Crippen LogP contribution in [0.15, 0.2) is 28.7 Å². The highest BCUT2D eigenvalue weighted by Crippen LogP contribution is 2.33. The van der Waals surface area contributed by atoms with Gasteiger partial charge in [-0.2, -0.15) is 0 Å². The van der Waals surface area contributed by atoms with Crippen LogP contribution in [0.5, 0.6) is 0 Å². The van der Waals surface area contributed by atoms with Gasteiger partial charge in [0.15, 0.2) is 0 Å². The van der Waals surface area contributed by atoms with Crippen LogP contribution in [0.4, 0.5) is 5.69 Å². The molecule has 3 nitrogen and oxygen atoms in total. The SMILES string of the molecule is NC(=O)C1(Nc2ccccc2Br)CCCCCC1. The first-order valence-corrected chi connectivity index (χ1v) is 7.26. The van der Waals surface area contributed by atoms with Gasteiger partial charge in [0.05, 0.1) is 0 Å². The number of para-hydroxylation sites is 1. The highest BCUT2D eigenvalue weighted by atomic mass is 79.9. The van der Waals surface area contributed by atoms with E-state index < -0.39 is 5.54 Å². The van der Waals surface area contributed by atoms with E-state index in [1.807, 2.05) is 24.3 Å². The Balaban J connectivity index is 2.25. The van der Waals surface area contributed by atoms with Crippen molar-refractivity contribution in [2.24, 2.45) is 5.73 Å². The number of rotatable bonds is 3. The van der Waals surface area contributed by atoms with E-state index in [2.05, 4.69) is 21.2 Å². The molecule has 0 unspecified atom stereocenters. The number of benzene rings is 1. The number of carbonyl (C=O) groups is 1. The Morgan fingerprint density at radius 1 is 1.17 bits per heavy atom.